The van der Waals surface area contributed by atoms with Crippen LogP contribution >= 0.6 is 11.3 Å². The Morgan fingerprint density at radius 1 is 1.42 bits per heavy atom. The summed E-state index contributed by atoms with van der Waals surface area (Å²) in [6.45, 7) is 5.15. The van der Waals surface area contributed by atoms with E-state index >= 15 is 0 Å². The fraction of sp³-hybridized carbons (Fsp3) is 0.500. The SMILES string of the molecule is CC(C)(C)[C@@H]1C[C@@H](C(=O)O)CN(Cc2cnc(-c3cc(C#N)ccc3OC(F)F)s2)C1. The van der Waals surface area contributed by atoms with Crippen LogP contribution < -0.4 is 4.74 Å². The van der Waals surface area contributed by atoms with E-state index < -0.39 is 18.5 Å². The quantitative estimate of drug-likeness (QED) is 0.678. The van der Waals surface area contributed by atoms with Gasteiger partial charge in [0.05, 0.1) is 23.1 Å². The van der Waals surface area contributed by atoms with Crippen molar-refractivity contribution in [3.63, 3.8) is 0 Å². The second-order valence-corrected chi connectivity index (χ2v) is 9.98. The molecule has 1 aromatic carbocycles. The van der Waals surface area contributed by atoms with Crippen LogP contribution in [0.2, 0.25) is 0 Å². The normalized spacial score (nSPS) is 19.9. The van der Waals surface area contributed by atoms with Crippen LogP contribution in [0.15, 0.2) is 24.4 Å². The molecule has 2 aromatic rings. The molecule has 166 valence electrons. The van der Waals surface area contributed by atoms with Gasteiger partial charge in [-0.05, 0) is 36.0 Å². The highest BCUT2D eigenvalue weighted by Crippen LogP contribution is 2.38. The van der Waals surface area contributed by atoms with Gasteiger partial charge in [0.25, 0.3) is 0 Å². The van der Waals surface area contributed by atoms with Gasteiger partial charge in [0.15, 0.2) is 0 Å². The zero-order chi connectivity index (χ0) is 22.8. The molecule has 31 heavy (non-hydrogen) atoms. The first kappa shape index (κ1) is 23.1. The minimum atomic E-state index is -2.98. The highest BCUT2D eigenvalue weighted by molar-refractivity contribution is 7.15. The molecule has 1 aliphatic heterocycles. The molecule has 9 heteroatoms. The van der Waals surface area contributed by atoms with E-state index in [1.54, 1.807) is 6.20 Å². The lowest BCUT2D eigenvalue weighted by molar-refractivity contribution is -0.145. The number of ether oxygens (including phenoxy) is 1. The van der Waals surface area contributed by atoms with E-state index in [4.69, 9.17) is 5.26 Å². The monoisotopic (exact) mass is 449 g/mol. The number of carboxylic acid groups (broad SMARTS) is 1. The van der Waals surface area contributed by atoms with Crippen LogP contribution in [0.1, 0.15) is 37.6 Å². The maximum atomic E-state index is 12.8. The Hall–Kier alpha value is -2.57. The number of nitriles is 1. The highest BCUT2D eigenvalue weighted by Gasteiger charge is 2.37. The molecule has 1 fully saturated rings. The second-order valence-electron chi connectivity index (χ2n) is 8.86. The van der Waals surface area contributed by atoms with E-state index in [2.05, 4.69) is 35.4 Å². The van der Waals surface area contributed by atoms with Crippen molar-refractivity contribution < 1.29 is 23.4 Å². The third-order valence-corrected chi connectivity index (χ3v) is 6.60. The molecule has 0 unspecified atom stereocenters. The van der Waals surface area contributed by atoms with E-state index in [0.29, 0.717) is 35.6 Å². The molecule has 1 saturated heterocycles. The van der Waals surface area contributed by atoms with Crippen molar-refractivity contribution in [3.8, 4) is 22.4 Å². The summed E-state index contributed by atoms with van der Waals surface area (Å²) in [7, 11) is 0. The molecule has 3 rings (SSSR count). The van der Waals surface area contributed by atoms with Crippen LogP contribution in [0.3, 0.4) is 0 Å². The third-order valence-electron chi connectivity index (χ3n) is 5.59. The third kappa shape index (κ3) is 5.77. The molecule has 0 amide bonds. The lowest BCUT2D eigenvalue weighted by atomic mass is 9.73. The molecule has 0 saturated carbocycles. The number of nitrogens with zero attached hydrogens (tertiary/aromatic N) is 3. The van der Waals surface area contributed by atoms with Crippen molar-refractivity contribution in [2.45, 2.75) is 40.3 Å². The second kappa shape index (κ2) is 9.28. The number of hydrogen-bond donors (Lipinski definition) is 1. The number of carboxylic acids is 1. The van der Waals surface area contributed by atoms with Gasteiger partial charge in [-0.2, -0.15) is 14.0 Å². The number of alkyl halides is 2. The lowest BCUT2D eigenvalue weighted by Gasteiger charge is -2.42. The van der Waals surface area contributed by atoms with E-state index in [1.165, 1.54) is 29.5 Å². The zero-order valence-corrected chi connectivity index (χ0v) is 18.5. The average molecular weight is 450 g/mol. The molecule has 1 aromatic heterocycles. The van der Waals surface area contributed by atoms with Crippen LogP contribution in [0.25, 0.3) is 10.6 Å². The summed E-state index contributed by atoms with van der Waals surface area (Å²) in [6.07, 6.45) is 2.32. The summed E-state index contributed by atoms with van der Waals surface area (Å²) in [6, 6.07) is 6.24. The summed E-state index contributed by atoms with van der Waals surface area (Å²) < 4.78 is 30.2. The number of aromatic nitrogens is 1. The summed E-state index contributed by atoms with van der Waals surface area (Å²) in [5, 5.41) is 19.2. The van der Waals surface area contributed by atoms with Crippen LogP contribution in [0, 0.1) is 28.6 Å². The van der Waals surface area contributed by atoms with E-state index in [-0.39, 0.29) is 17.1 Å². The number of likely N-dealkylation sites (tertiary alicyclic amines) is 1. The molecule has 0 aliphatic carbocycles. The van der Waals surface area contributed by atoms with Gasteiger partial charge in [0.2, 0.25) is 0 Å². The first-order valence-electron chi connectivity index (χ1n) is 9.96. The van der Waals surface area contributed by atoms with Gasteiger partial charge < -0.3 is 9.84 Å². The number of halogens is 2. The number of piperidine rings is 1. The molecule has 2 atom stereocenters. The number of rotatable bonds is 6. The molecule has 1 N–H and O–H groups in total. The Bertz CT molecular complexity index is 981. The topological polar surface area (TPSA) is 86.5 Å². The van der Waals surface area contributed by atoms with Crippen LogP contribution in [-0.2, 0) is 11.3 Å². The van der Waals surface area contributed by atoms with Crippen LogP contribution in [0.4, 0.5) is 8.78 Å². The molecule has 0 radical (unpaired) electrons. The average Bonchev–Trinajstić information content (AvgIpc) is 3.15. The van der Waals surface area contributed by atoms with Crippen molar-refractivity contribution >= 4 is 17.3 Å². The Labute approximate surface area is 184 Å². The Balaban J connectivity index is 1.83. The van der Waals surface area contributed by atoms with Crippen molar-refractivity contribution in [2.75, 3.05) is 13.1 Å². The predicted octanol–water partition coefficient (Wildman–Crippen LogP) is 4.85. The number of aliphatic carboxylic acids is 1. The first-order chi connectivity index (χ1) is 14.6. The Morgan fingerprint density at radius 3 is 2.77 bits per heavy atom. The molecular formula is C22H25F2N3O3S. The van der Waals surface area contributed by atoms with E-state index in [9.17, 15) is 18.7 Å². The van der Waals surface area contributed by atoms with E-state index in [0.717, 1.165) is 11.4 Å². The fourth-order valence-corrected chi connectivity index (χ4v) is 4.79. The minimum absolute atomic E-state index is 0.00945. The van der Waals surface area contributed by atoms with Crippen molar-refractivity contribution in [1.82, 2.24) is 9.88 Å². The van der Waals surface area contributed by atoms with Crippen molar-refractivity contribution in [3.05, 3.63) is 34.8 Å². The lowest BCUT2D eigenvalue weighted by Crippen LogP contribution is -2.46. The predicted molar refractivity (Wildman–Crippen MR) is 113 cm³/mol. The standard InChI is InChI=1S/C22H25F2N3O3S/c1-22(2,3)15-7-14(20(28)29)10-27(11-15)12-16-9-26-19(31-16)17-6-13(8-25)4-5-18(17)30-21(23)24/h4-6,9,14-15,21H,7,10-12H2,1-3H3,(H,28,29)/t14-,15-/m1/s1. The smallest absolute Gasteiger partial charge is 0.387 e. The van der Waals surface area contributed by atoms with Gasteiger partial charge in [-0.25, -0.2) is 4.98 Å². The van der Waals surface area contributed by atoms with Gasteiger partial charge in [0, 0.05) is 30.7 Å². The summed E-state index contributed by atoms with van der Waals surface area (Å²) in [5.41, 5.74) is 0.650. The molecule has 2 heterocycles. The number of benzene rings is 1. The highest BCUT2D eigenvalue weighted by atomic mass is 32.1. The van der Waals surface area contributed by atoms with Gasteiger partial charge >= 0.3 is 12.6 Å². The summed E-state index contributed by atoms with van der Waals surface area (Å²) in [4.78, 5) is 19.0. The molecular weight excluding hydrogens is 424 g/mol. The van der Waals surface area contributed by atoms with Gasteiger partial charge in [-0.1, -0.05) is 20.8 Å². The van der Waals surface area contributed by atoms with Crippen molar-refractivity contribution in [2.24, 2.45) is 17.3 Å². The minimum Gasteiger partial charge on any atom is -0.481 e. The van der Waals surface area contributed by atoms with Crippen LogP contribution in [0.5, 0.6) is 5.75 Å². The van der Waals surface area contributed by atoms with Gasteiger partial charge in [-0.15, -0.1) is 11.3 Å². The maximum absolute atomic E-state index is 12.8. The number of carbonyl (C=O) groups is 1. The summed E-state index contributed by atoms with van der Waals surface area (Å²) >= 11 is 1.32. The van der Waals surface area contributed by atoms with Gasteiger partial charge in [-0.3, -0.25) is 9.69 Å². The summed E-state index contributed by atoms with van der Waals surface area (Å²) in [5.74, 6) is -1.01. The first-order valence-corrected chi connectivity index (χ1v) is 10.8. The van der Waals surface area contributed by atoms with Crippen LogP contribution in [-0.4, -0.2) is 40.7 Å². The Kier molecular flexibility index (Phi) is 6.92. The zero-order valence-electron chi connectivity index (χ0n) is 17.6. The van der Waals surface area contributed by atoms with E-state index in [1.807, 2.05) is 6.07 Å². The van der Waals surface area contributed by atoms with Gasteiger partial charge in [0.1, 0.15) is 10.8 Å². The fourth-order valence-electron chi connectivity index (χ4n) is 3.82. The Morgan fingerprint density at radius 2 is 2.16 bits per heavy atom. The largest absolute Gasteiger partial charge is 0.481 e. The molecule has 1 aliphatic rings. The number of thiazole rings is 1. The molecule has 0 bridgehead atoms. The molecule has 0 spiro atoms. The molecule has 6 nitrogen and oxygen atoms in total. The number of hydrogen-bond acceptors (Lipinski definition) is 6. The van der Waals surface area contributed by atoms with Crippen molar-refractivity contribution in [1.29, 1.82) is 5.26 Å². The maximum Gasteiger partial charge on any atom is 0.387 e.